The van der Waals surface area contributed by atoms with E-state index in [1.165, 1.54) is 6.33 Å². The number of nitrogen functional groups attached to an aromatic ring is 1. The zero-order chi connectivity index (χ0) is 23.6. The van der Waals surface area contributed by atoms with E-state index in [0.717, 1.165) is 26.5 Å². The van der Waals surface area contributed by atoms with E-state index in [2.05, 4.69) is 30.9 Å². The highest BCUT2D eigenvalue weighted by Crippen LogP contribution is 2.45. The van der Waals surface area contributed by atoms with E-state index >= 15 is 0 Å². The van der Waals surface area contributed by atoms with Gasteiger partial charge < -0.3 is 29.2 Å². The van der Waals surface area contributed by atoms with Crippen molar-refractivity contribution in [3.8, 4) is 5.75 Å². The molecular weight excluding hydrogens is 502 g/mol. The van der Waals surface area contributed by atoms with Crippen LogP contribution in [-0.2, 0) is 14.2 Å². The first kappa shape index (κ1) is 21.7. The van der Waals surface area contributed by atoms with Crippen LogP contribution in [0, 0.1) is 6.92 Å². The Morgan fingerprint density at radius 3 is 2.79 bits per heavy atom. The van der Waals surface area contributed by atoms with Crippen molar-refractivity contribution in [2.45, 2.75) is 51.1 Å². The normalized spacial score (nSPS) is 25.8. The minimum Gasteiger partial charge on any atom is -0.491 e. The Hall–Kier alpha value is -2.79. The van der Waals surface area contributed by atoms with E-state index in [4.69, 9.17) is 24.7 Å². The maximum absolute atomic E-state index is 6.48. The molecule has 0 aliphatic carbocycles. The molecule has 0 radical (unpaired) electrons. The highest BCUT2D eigenvalue weighted by molar-refractivity contribution is 9.10. The topological polar surface area (TPSA) is 107 Å². The zero-order valence-electron chi connectivity index (χ0n) is 18.9. The molecule has 0 bridgehead atoms. The highest BCUT2D eigenvalue weighted by atomic mass is 79.9. The molecule has 0 saturated carbocycles. The number of anilines is 1. The number of aromatic nitrogens is 4. The van der Waals surface area contributed by atoms with Gasteiger partial charge in [0.15, 0.2) is 12.0 Å². The molecular formula is C24H24BrN5O4. The van der Waals surface area contributed by atoms with Crippen LogP contribution in [0.5, 0.6) is 5.75 Å². The summed E-state index contributed by atoms with van der Waals surface area (Å²) in [4.78, 5) is 13.0. The molecule has 34 heavy (non-hydrogen) atoms. The molecule has 2 saturated heterocycles. The van der Waals surface area contributed by atoms with E-state index in [1.54, 1.807) is 6.20 Å². The standard InChI is InChI=1S/C24H24BrN5O4/c1-12-6-16-21(26)28-11-29-22(16)30(12)23-20-19(33-24(2,3)34-20)18(32-23)10-31-15-5-4-13-7-14(25)9-27-17(13)8-15/h4-9,11,18-20,23H,10H2,1-3H3,(H2,26,28,29)/t18-,19-,20-,23-/m1/s1. The van der Waals surface area contributed by atoms with Crippen LogP contribution < -0.4 is 10.5 Å². The second kappa shape index (κ2) is 7.88. The fraction of sp³-hybridized carbons (Fsp3) is 0.375. The minimum atomic E-state index is -0.735. The summed E-state index contributed by atoms with van der Waals surface area (Å²) >= 11 is 3.45. The molecule has 2 N–H and O–H groups in total. The molecule has 0 amide bonds. The van der Waals surface area contributed by atoms with Crippen LogP contribution in [0.1, 0.15) is 25.8 Å². The molecule has 3 aromatic heterocycles. The summed E-state index contributed by atoms with van der Waals surface area (Å²) in [6.07, 6.45) is 1.82. The van der Waals surface area contributed by atoms with E-state index in [9.17, 15) is 0 Å². The third-order valence-electron chi connectivity index (χ3n) is 6.27. The molecule has 9 nitrogen and oxygen atoms in total. The van der Waals surface area contributed by atoms with Gasteiger partial charge in [0.2, 0.25) is 0 Å². The summed E-state index contributed by atoms with van der Waals surface area (Å²) in [6, 6.07) is 9.83. The first-order chi connectivity index (χ1) is 16.3. The second-order valence-electron chi connectivity index (χ2n) is 9.10. The summed E-state index contributed by atoms with van der Waals surface area (Å²) in [6.45, 7) is 6.11. The van der Waals surface area contributed by atoms with Gasteiger partial charge in [-0.1, -0.05) is 0 Å². The lowest BCUT2D eigenvalue weighted by Gasteiger charge is -2.25. The van der Waals surface area contributed by atoms with Gasteiger partial charge >= 0.3 is 0 Å². The van der Waals surface area contributed by atoms with Gasteiger partial charge in [-0.2, -0.15) is 0 Å². The molecule has 0 spiro atoms. The van der Waals surface area contributed by atoms with Gasteiger partial charge in [-0.3, -0.25) is 4.98 Å². The molecule has 1 aromatic carbocycles. The molecule has 6 rings (SSSR count). The fourth-order valence-electron chi connectivity index (χ4n) is 4.84. The summed E-state index contributed by atoms with van der Waals surface area (Å²) < 4.78 is 28.1. The third kappa shape index (κ3) is 3.61. The third-order valence-corrected chi connectivity index (χ3v) is 6.71. The number of ether oxygens (including phenoxy) is 4. The first-order valence-corrected chi connectivity index (χ1v) is 11.9. The molecule has 4 aromatic rings. The second-order valence-corrected chi connectivity index (χ2v) is 10.0. The number of benzene rings is 1. The van der Waals surface area contributed by atoms with Crippen LogP contribution in [0.15, 0.2) is 47.3 Å². The maximum Gasteiger partial charge on any atom is 0.165 e. The van der Waals surface area contributed by atoms with Crippen molar-refractivity contribution in [3.63, 3.8) is 0 Å². The SMILES string of the molecule is Cc1cc2c(N)ncnc2n1[C@@H]1O[C@H](COc2ccc3cc(Br)cnc3c2)[C@H]2OC(C)(C)O[C@H]21. The van der Waals surface area contributed by atoms with Crippen molar-refractivity contribution in [2.75, 3.05) is 12.3 Å². The molecule has 5 heterocycles. The quantitative estimate of drug-likeness (QED) is 0.423. The lowest BCUT2D eigenvalue weighted by molar-refractivity contribution is -0.199. The van der Waals surface area contributed by atoms with Crippen LogP contribution in [0.3, 0.4) is 0 Å². The summed E-state index contributed by atoms with van der Waals surface area (Å²) in [5.74, 6) is 0.412. The Bertz CT molecular complexity index is 1410. The van der Waals surface area contributed by atoms with Crippen LogP contribution in [0.4, 0.5) is 5.82 Å². The van der Waals surface area contributed by atoms with Gasteiger partial charge in [-0.25, -0.2) is 9.97 Å². The predicted molar refractivity (Wildman–Crippen MR) is 129 cm³/mol. The minimum absolute atomic E-state index is 0.300. The number of hydrogen-bond donors (Lipinski definition) is 1. The van der Waals surface area contributed by atoms with Gasteiger partial charge in [0.25, 0.3) is 0 Å². The van der Waals surface area contributed by atoms with Gasteiger partial charge in [-0.15, -0.1) is 0 Å². The summed E-state index contributed by atoms with van der Waals surface area (Å²) in [5.41, 5.74) is 8.60. The van der Waals surface area contributed by atoms with Crippen molar-refractivity contribution < 1.29 is 18.9 Å². The van der Waals surface area contributed by atoms with Crippen molar-refractivity contribution in [3.05, 3.63) is 53.0 Å². The van der Waals surface area contributed by atoms with Gasteiger partial charge in [0.05, 0.1) is 10.9 Å². The smallest absolute Gasteiger partial charge is 0.165 e. The molecule has 2 aliphatic heterocycles. The first-order valence-electron chi connectivity index (χ1n) is 11.1. The van der Waals surface area contributed by atoms with Crippen LogP contribution in [-0.4, -0.2) is 50.2 Å². The Morgan fingerprint density at radius 2 is 1.94 bits per heavy atom. The molecule has 4 atom stereocenters. The average Bonchev–Trinajstić information content (AvgIpc) is 3.40. The lowest BCUT2D eigenvalue weighted by Crippen LogP contribution is -2.33. The van der Waals surface area contributed by atoms with E-state index < -0.39 is 12.0 Å². The fourth-order valence-corrected chi connectivity index (χ4v) is 5.19. The monoisotopic (exact) mass is 525 g/mol. The van der Waals surface area contributed by atoms with E-state index in [-0.39, 0.29) is 18.3 Å². The Morgan fingerprint density at radius 1 is 1.12 bits per heavy atom. The number of hydrogen-bond acceptors (Lipinski definition) is 8. The van der Waals surface area contributed by atoms with E-state index in [1.807, 2.05) is 55.7 Å². The zero-order valence-corrected chi connectivity index (χ0v) is 20.5. The number of pyridine rings is 1. The van der Waals surface area contributed by atoms with Crippen molar-refractivity contribution >= 4 is 43.7 Å². The van der Waals surface area contributed by atoms with Gasteiger partial charge in [0, 0.05) is 27.8 Å². The Balaban J connectivity index is 1.29. The van der Waals surface area contributed by atoms with Crippen LogP contribution in [0.2, 0.25) is 0 Å². The Labute approximate surface area is 204 Å². The highest BCUT2D eigenvalue weighted by Gasteiger charge is 2.56. The van der Waals surface area contributed by atoms with Crippen LogP contribution >= 0.6 is 15.9 Å². The number of fused-ring (bicyclic) bond motifs is 3. The van der Waals surface area contributed by atoms with Crippen molar-refractivity contribution in [1.29, 1.82) is 0 Å². The number of nitrogens with zero attached hydrogens (tertiary/aromatic N) is 4. The molecule has 0 unspecified atom stereocenters. The van der Waals surface area contributed by atoms with Crippen molar-refractivity contribution in [1.82, 2.24) is 19.5 Å². The summed E-state index contributed by atoms with van der Waals surface area (Å²) in [5, 5.41) is 1.82. The lowest BCUT2D eigenvalue weighted by atomic mass is 10.1. The van der Waals surface area contributed by atoms with Gasteiger partial charge in [-0.05, 0) is 61.0 Å². The van der Waals surface area contributed by atoms with E-state index in [0.29, 0.717) is 23.8 Å². The Kier molecular flexibility index (Phi) is 5.03. The average molecular weight is 526 g/mol. The maximum atomic E-state index is 6.48. The number of aryl methyl sites for hydroxylation is 1. The number of nitrogens with two attached hydrogens (primary N) is 1. The molecule has 176 valence electrons. The molecule has 10 heteroatoms. The number of halogens is 1. The summed E-state index contributed by atoms with van der Waals surface area (Å²) in [7, 11) is 0. The molecule has 2 aliphatic rings. The largest absolute Gasteiger partial charge is 0.491 e. The predicted octanol–water partition coefficient (Wildman–Crippen LogP) is 4.13. The van der Waals surface area contributed by atoms with Crippen LogP contribution in [0.25, 0.3) is 21.9 Å². The van der Waals surface area contributed by atoms with Crippen molar-refractivity contribution in [2.24, 2.45) is 0 Å². The number of rotatable bonds is 4. The van der Waals surface area contributed by atoms with Gasteiger partial charge in [0.1, 0.15) is 48.5 Å². The molecule has 2 fully saturated rings.